The van der Waals surface area contributed by atoms with Crippen molar-refractivity contribution in [1.29, 1.82) is 0 Å². The number of hydrogen-bond acceptors (Lipinski definition) is 3. The lowest BCUT2D eigenvalue weighted by Crippen LogP contribution is -2.42. The molecule has 1 aliphatic heterocycles. The van der Waals surface area contributed by atoms with Crippen LogP contribution in [-0.4, -0.2) is 31.7 Å². The van der Waals surface area contributed by atoms with Crippen LogP contribution in [0.15, 0.2) is 48.5 Å². The van der Waals surface area contributed by atoms with Crippen LogP contribution in [0, 0.1) is 18.7 Å². The quantitative estimate of drug-likeness (QED) is 0.852. The van der Waals surface area contributed by atoms with Gasteiger partial charge in [0.1, 0.15) is 5.82 Å². The summed E-state index contributed by atoms with van der Waals surface area (Å²) >= 11 is 0. The van der Waals surface area contributed by atoms with Gasteiger partial charge in [-0.1, -0.05) is 36.4 Å². The summed E-state index contributed by atoms with van der Waals surface area (Å²) in [5, 5.41) is 2.60. The van der Waals surface area contributed by atoms with Crippen molar-refractivity contribution in [3.63, 3.8) is 0 Å². The largest absolute Gasteiger partial charge is 0.323 e. The zero-order chi connectivity index (χ0) is 19.4. The third-order valence-corrected chi connectivity index (χ3v) is 6.78. The molecule has 27 heavy (non-hydrogen) atoms. The summed E-state index contributed by atoms with van der Waals surface area (Å²) in [5.74, 6) is -1.11. The number of aryl methyl sites for hydroxylation is 1. The molecule has 2 aromatic carbocycles. The van der Waals surface area contributed by atoms with Gasteiger partial charge >= 0.3 is 0 Å². The number of nitrogens with zero attached hydrogens (tertiary/aromatic N) is 1. The van der Waals surface area contributed by atoms with E-state index in [2.05, 4.69) is 5.32 Å². The molecule has 0 saturated carbocycles. The smallest absolute Gasteiger partial charge is 0.227 e. The van der Waals surface area contributed by atoms with E-state index in [0.29, 0.717) is 25.9 Å². The minimum Gasteiger partial charge on any atom is -0.323 e. The van der Waals surface area contributed by atoms with Gasteiger partial charge in [0.2, 0.25) is 15.9 Å². The van der Waals surface area contributed by atoms with E-state index in [1.54, 1.807) is 12.1 Å². The Kier molecular flexibility index (Phi) is 5.92. The second-order valence-electron chi connectivity index (χ2n) is 6.83. The van der Waals surface area contributed by atoms with Gasteiger partial charge in [-0.2, -0.15) is 0 Å². The third-order valence-electron chi connectivity index (χ3n) is 4.95. The average molecular weight is 390 g/mol. The Morgan fingerprint density at radius 2 is 1.74 bits per heavy atom. The van der Waals surface area contributed by atoms with Gasteiger partial charge in [-0.25, -0.2) is 17.1 Å². The van der Waals surface area contributed by atoms with Crippen molar-refractivity contribution in [2.45, 2.75) is 25.5 Å². The van der Waals surface area contributed by atoms with Crippen molar-refractivity contribution in [2.24, 2.45) is 5.92 Å². The second kappa shape index (κ2) is 8.19. The first-order chi connectivity index (χ1) is 12.9. The molecule has 0 bridgehead atoms. The van der Waals surface area contributed by atoms with Gasteiger partial charge in [-0.05, 0) is 43.0 Å². The van der Waals surface area contributed by atoms with Crippen molar-refractivity contribution in [3.05, 3.63) is 65.5 Å². The number of amides is 1. The predicted molar refractivity (Wildman–Crippen MR) is 103 cm³/mol. The van der Waals surface area contributed by atoms with Crippen LogP contribution in [0.4, 0.5) is 10.1 Å². The molecule has 0 spiro atoms. The number of piperidine rings is 1. The fourth-order valence-corrected chi connectivity index (χ4v) is 4.92. The molecular weight excluding hydrogens is 367 g/mol. The zero-order valence-electron chi connectivity index (χ0n) is 15.2. The molecule has 3 rings (SSSR count). The molecule has 5 nitrogen and oxygen atoms in total. The van der Waals surface area contributed by atoms with Gasteiger partial charge in [0.15, 0.2) is 0 Å². The topological polar surface area (TPSA) is 66.5 Å². The number of anilines is 1. The van der Waals surface area contributed by atoms with Crippen molar-refractivity contribution in [3.8, 4) is 0 Å². The number of carbonyl (C=O) groups is 1. The molecule has 0 aromatic heterocycles. The fraction of sp³-hybridized carbons (Fsp3) is 0.350. The Hall–Kier alpha value is -2.25. The predicted octanol–water partition coefficient (Wildman–Crippen LogP) is 3.31. The number of sulfonamides is 1. The number of para-hydroxylation sites is 1. The maximum Gasteiger partial charge on any atom is 0.227 e. The van der Waals surface area contributed by atoms with Gasteiger partial charge in [-0.3, -0.25) is 4.79 Å². The van der Waals surface area contributed by atoms with E-state index in [1.807, 2.05) is 31.2 Å². The lowest BCUT2D eigenvalue weighted by atomic mass is 9.97. The summed E-state index contributed by atoms with van der Waals surface area (Å²) in [4.78, 5) is 12.4. The van der Waals surface area contributed by atoms with Crippen LogP contribution in [-0.2, 0) is 20.6 Å². The van der Waals surface area contributed by atoms with Gasteiger partial charge in [0, 0.05) is 19.0 Å². The highest BCUT2D eigenvalue weighted by Crippen LogP contribution is 2.24. The lowest BCUT2D eigenvalue weighted by Gasteiger charge is -2.30. The van der Waals surface area contributed by atoms with Gasteiger partial charge in [0.25, 0.3) is 0 Å². The number of hydrogen-bond donors (Lipinski definition) is 1. The highest BCUT2D eigenvalue weighted by atomic mass is 32.2. The van der Waals surface area contributed by atoms with Crippen LogP contribution in [0.25, 0.3) is 0 Å². The third kappa shape index (κ3) is 4.73. The molecule has 7 heteroatoms. The number of rotatable bonds is 5. The van der Waals surface area contributed by atoms with E-state index >= 15 is 0 Å². The molecule has 0 aliphatic carbocycles. The standard InChI is InChI=1S/C20H23FN2O3S/c1-15-6-2-3-7-17(15)14-27(25,26)23-12-10-16(11-13-23)20(24)22-19-9-5-4-8-18(19)21/h2-9,16H,10-14H2,1H3,(H,22,24). The Labute approximate surface area is 159 Å². The molecule has 144 valence electrons. The van der Waals surface area contributed by atoms with Gasteiger partial charge in [0.05, 0.1) is 11.4 Å². The Bertz CT molecular complexity index is 922. The van der Waals surface area contributed by atoms with Gasteiger partial charge < -0.3 is 5.32 Å². The summed E-state index contributed by atoms with van der Waals surface area (Å²) in [6.45, 7) is 2.48. The van der Waals surface area contributed by atoms with Crippen LogP contribution in [0.3, 0.4) is 0 Å². The normalized spacial score (nSPS) is 16.2. The van der Waals surface area contributed by atoms with Crippen LogP contribution in [0.5, 0.6) is 0 Å². The number of benzene rings is 2. The SMILES string of the molecule is Cc1ccccc1CS(=O)(=O)N1CCC(C(=O)Nc2ccccc2F)CC1. The first-order valence-electron chi connectivity index (χ1n) is 8.94. The van der Waals surface area contributed by atoms with Gasteiger partial charge in [-0.15, -0.1) is 0 Å². The first-order valence-corrected chi connectivity index (χ1v) is 10.6. The summed E-state index contributed by atoms with van der Waals surface area (Å²) in [6.07, 6.45) is 0.848. The molecule has 0 radical (unpaired) electrons. The minimum absolute atomic E-state index is 0.0359. The van der Waals surface area contributed by atoms with Crippen LogP contribution >= 0.6 is 0 Å². The number of carbonyl (C=O) groups excluding carboxylic acids is 1. The van der Waals surface area contributed by atoms with Crippen LogP contribution in [0.1, 0.15) is 24.0 Å². The van der Waals surface area contributed by atoms with E-state index in [4.69, 9.17) is 0 Å². The fourth-order valence-electron chi connectivity index (χ4n) is 3.25. The maximum absolute atomic E-state index is 13.7. The van der Waals surface area contributed by atoms with Crippen LogP contribution in [0.2, 0.25) is 0 Å². The van der Waals surface area contributed by atoms with Crippen molar-refractivity contribution in [1.82, 2.24) is 4.31 Å². The molecule has 0 atom stereocenters. The lowest BCUT2D eigenvalue weighted by molar-refractivity contribution is -0.120. The summed E-state index contributed by atoms with van der Waals surface area (Å²) in [6, 6.07) is 13.4. The van der Waals surface area contributed by atoms with Crippen LogP contribution < -0.4 is 5.32 Å². The molecule has 1 N–H and O–H groups in total. The molecule has 1 aliphatic rings. The van der Waals surface area contributed by atoms with Crippen molar-refractivity contribution in [2.75, 3.05) is 18.4 Å². The molecule has 1 saturated heterocycles. The molecule has 1 fully saturated rings. The number of nitrogens with one attached hydrogen (secondary N) is 1. The highest BCUT2D eigenvalue weighted by molar-refractivity contribution is 7.88. The highest BCUT2D eigenvalue weighted by Gasteiger charge is 2.31. The monoisotopic (exact) mass is 390 g/mol. The molecule has 1 heterocycles. The summed E-state index contributed by atoms with van der Waals surface area (Å²) in [7, 11) is -3.43. The Balaban J connectivity index is 1.59. The van der Waals surface area contributed by atoms with E-state index in [0.717, 1.165) is 11.1 Å². The van der Waals surface area contributed by atoms with E-state index < -0.39 is 15.8 Å². The van der Waals surface area contributed by atoms with E-state index in [-0.39, 0.29) is 23.3 Å². The average Bonchev–Trinajstić information content (AvgIpc) is 2.65. The minimum atomic E-state index is -3.43. The Morgan fingerprint density at radius 1 is 1.11 bits per heavy atom. The maximum atomic E-state index is 13.7. The number of halogens is 1. The summed E-state index contributed by atoms with van der Waals surface area (Å²) < 4.78 is 40.5. The first kappa shape index (κ1) is 19.5. The zero-order valence-corrected chi connectivity index (χ0v) is 16.0. The van der Waals surface area contributed by atoms with E-state index in [1.165, 1.54) is 16.4 Å². The molecule has 2 aromatic rings. The molecule has 1 amide bonds. The van der Waals surface area contributed by atoms with Crippen molar-refractivity contribution < 1.29 is 17.6 Å². The summed E-state index contributed by atoms with van der Waals surface area (Å²) in [5.41, 5.74) is 1.88. The molecular formula is C20H23FN2O3S. The molecule has 0 unspecified atom stereocenters. The Morgan fingerprint density at radius 3 is 2.41 bits per heavy atom. The van der Waals surface area contributed by atoms with E-state index in [9.17, 15) is 17.6 Å². The second-order valence-corrected chi connectivity index (χ2v) is 8.79. The van der Waals surface area contributed by atoms with Crippen molar-refractivity contribution >= 4 is 21.6 Å².